The van der Waals surface area contributed by atoms with Crippen molar-refractivity contribution >= 4 is 34.9 Å². The smallest absolute Gasteiger partial charge is 0.265 e. The van der Waals surface area contributed by atoms with Crippen molar-refractivity contribution in [2.24, 2.45) is 0 Å². The summed E-state index contributed by atoms with van der Waals surface area (Å²) in [5, 5.41) is 3.62. The summed E-state index contributed by atoms with van der Waals surface area (Å²) in [4.78, 5) is 32.8. The molecule has 2 aliphatic rings. The Kier molecular flexibility index (Phi) is 6.38. The number of para-hydroxylation sites is 2. The van der Waals surface area contributed by atoms with Crippen LogP contribution < -0.4 is 15.0 Å². The highest BCUT2D eigenvalue weighted by Gasteiger charge is 2.24. The fourth-order valence-electron chi connectivity index (χ4n) is 3.81. The van der Waals surface area contributed by atoms with Crippen LogP contribution in [0.25, 0.3) is 0 Å². The number of nitrogens with zero attached hydrogens (tertiary/aromatic N) is 3. The van der Waals surface area contributed by atoms with Gasteiger partial charge in [-0.3, -0.25) is 9.59 Å². The number of hydrogen-bond acceptors (Lipinski definition) is 5. The zero-order valence-corrected chi connectivity index (χ0v) is 17.5. The maximum atomic E-state index is 12.6. The molecule has 0 bridgehead atoms. The molecule has 8 heteroatoms. The van der Waals surface area contributed by atoms with E-state index >= 15 is 0 Å². The number of pyridine rings is 1. The third kappa shape index (κ3) is 4.51. The molecular weight excluding hydrogens is 404 g/mol. The molecule has 0 radical (unpaired) electrons. The predicted octanol–water partition coefficient (Wildman–Crippen LogP) is 3.59. The Morgan fingerprint density at radius 1 is 1.20 bits per heavy atom. The Labute approximate surface area is 181 Å². The van der Waals surface area contributed by atoms with E-state index in [-0.39, 0.29) is 18.4 Å². The summed E-state index contributed by atoms with van der Waals surface area (Å²) < 4.78 is 5.47. The number of carbonyl (C=O) groups is 2. The first kappa shape index (κ1) is 20.5. The van der Waals surface area contributed by atoms with Gasteiger partial charge in [0.2, 0.25) is 0 Å². The summed E-state index contributed by atoms with van der Waals surface area (Å²) in [6.07, 6.45) is 5.55. The average Bonchev–Trinajstić information content (AvgIpc) is 2.78. The Balaban J connectivity index is 1.31. The summed E-state index contributed by atoms with van der Waals surface area (Å²) in [5.41, 5.74) is 1.31. The van der Waals surface area contributed by atoms with Gasteiger partial charge >= 0.3 is 0 Å². The highest BCUT2D eigenvalue weighted by molar-refractivity contribution is 6.33. The number of fused-ring (bicyclic) bond motifs is 1. The van der Waals surface area contributed by atoms with E-state index in [1.165, 1.54) is 6.42 Å². The van der Waals surface area contributed by atoms with Gasteiger partial charge < -0.3 is 19.9 Å². The van der Waals surface area contributed by atoms with Crippen LogP contribution in [-0.4, -0.2) is 54.5 Å². The molecule has 1 aromatic carbocycles. The Hall–Kier alpha value is -2.80. The van der Waals surface area contributed by atoms with Crippen LogP contribution >= 0.6 is 11.6 Å². The van der Waals surface area contributed by atoms with Gasteiger partial charge in [0.15, 0.2) is 6.61 Å². The van der Waals surface area contributed by atoms with Crippen LogP contribution in [0, 0.1) is 0 Å². The van der Waals surface area contributed by atoms with E-state index in [0.717, 1.165) is 37.4 Å². The molecule has 158 valence electrons. The van der Waals surface area contributed by atoms with E-state index in [9.17, 15) is 9.59 Å². The molecule has 0 saturated carbocycles. The normalized spacial score (nSPS) is 16.1. The molecule has 0 atom stereocenters. The van der Waals surface area contributed by atoms with Crippen molar-refractivity contribution in [1.29, 1.82) is 0 Å². The maximum Gasteiger partial charge on any atom is 0.265 e. The molecule has 30 heavy (non-hydrogen) atoms. The van der Waals surface area contributed by atoms with E-state index in [2.05, 4.69) is 10.3 Å². The van der Waals surface area contributed by atoms with Gasteiger partial charge in [0.25, 0.3) is 11.8 Å². The molecule has 2 amide bonds. The standard InChI is InChI=1S/C22H25ClN4O3/c23-17-13-16(22(29)26-10-4-1-5-11-26)14-25-21(17)24-9-6-12-27-18-7-2-3-8-19(18)30-15-20(27)28/h2-3,7-8,13-14H,1,4-6,9-12,15H2,(H,24,25). The van der Waals surface area contributed by atoms with Gasteiger partial charge in [-0.15, -0.1) is 0 Å². The Bertz CT molecular complexity index is 930. The number of ether oxygens (including phenoxy) is 1. The first-order valence-corrected chi connectivity index (χ1v) is 10.7. The molecule has 1 saturated heterocycles. The predicted molar refractivity (Wildman–Crippen MR) is 116 cm³/mol. The van der Waals surface area contributed by atoms with Gasteiger partial charge in [0, 0.05) is 32.4 Å². The van der Waals surface area contributed by atoms with Crippen molar-refractivity contribution in [1.82, 2.24) is 9.88 Å². The van der Waals surface area contributed by atoms with Crippen LogP contribution in [0.4, 0.5) is 11.5 Å². The first-order chi connectivity index (χ1) is 14.6. The maximum absolute atomic E-state index is 12.6. The third-order valence-corrected chi connectivity index (χ3v) is 5.68. The molecule has 2 aromatic rings. The van der Waals surface area contributed by atoms with E-state index in [0.29, 0.717) is 35.9 Å². The number of amides is 2. The second-order valence-electron chi connectivity index (χ2n) is 7.49. The number of carbonyl (C=O) groups excluding carboxylic acids is 2. The minimum absolute atomic E-state index is 0.0138. The van der Waals surface area contributed by atoms with Gasteiger partial charge in [-0.1, -0.05) is 23.7 Å². The lowest BCUT2D eigenvalue weighted by Crippen LogP contribution is -2.39. The molecule has 1 N–H and O–H groups in total. The van der Waals surface area contributed by atoms with Crippen molar-refractivity contribution in [2.75, 3.05) is 43.0 Å². The number of nitrogens with one attached hydrogen (secondary N) is 1. The highest BCUT2D eigenvalue weighted by Crippen LogP contribution is 2.31. The second kappa shape index (κ2) is 9.34. The number of halogens is 1. The highest BCUT2D eigenvalue weighted by atomic mass is 35.5. The minimum Gasteiger partial charge on any atom is -0.482 e. The number of aromatic nitrogens is 1. The Morgan fingerprint density at radius 3 is 2.80 bits per heavy atom. The number of anilines is 2. The van der Waals surface area contributed by atoms with Crippen LogP contribution in [0.3, 0.4) is 0 Å². The molecule has 0 unspecified atom stereocenters. The minimum atomic E-state index is -0.0505. The van der Waals surface area contributed by atoms with E-state index < -0.39 is 0 Å². The second-order valence-corrected chi connectivity index (χ2v) is 7.90. The van der Waals surface area contributed by atoms with Crippen molar-refractivity contribution in [3.63, 3.8) is 0 Å². The summed E-state index contributed by atoms with van der Waals surface area (Å²) in [5.74, 6) is 1.20. The largest absolute Gasteiger partial charge is 0.482 e. The molecular formula is C22H25ClN4O3. The molecule has 1 fully saturated rings. The van der Waals surface area contributed by atoms with Gasteiger partial charge in [-0.25, -0.2) is 4.98 Å². The monoisotopic (exact) mass is 428 g/mol. The van der Waals surface area contributed by atoms with Crippen LogP contribution in [0.1, 0.15) is 36.0 Å². The number of rotatable bonds is 6. The lowest BCUT2D eigenvalue weighted by Gasteiger charge is -2.29. The fourth-order valence-corrected chi connectivity index (χ4v) is 4.04. The summed E-state index contributed by atoms with van der Waals surface area (Å²) >= 11 is 6.35. The zero-order chi connectivity index (χ0) is 20.9. The number of hydrogen-bond donors (Lipinski definition) is 1. The molecule has 4 rings (SSSR count). The van der Waals surface area contributed by atoms with Crippen LogP contribution in [-0.2, 0) is 4.79 Å². The number of benzene rings is 1. The quantitative estimate of drug-likeness (QED) is 0.711. The zero-order valence-electron chi connectivity index (χ0n) is 16.8. The lowest BCUT2D eigenvalue weighted by atomic mass is 10.1. The molecule has 3 heterocycles. The molecule has 1 aromatic heterocycles. The number of piperidine rings is 1. The van der Waals surface area contributed by atoms with E-state index in [1.807, 2.05) is 29.2 Å². The molecule has 7 nitrogen and oxygen atoms in total. The van der Waals surface area contributed by atoms with Crippen LogP contribution in [0.5, 0.6) is 5.75 Å². The Morgan fingerprint density at radius 2 is 2.00 bits per heavy atom. The molecule has 0 spiro atoms. The third-order valence-electron chi connectivity index (χ3n) is 5.39. The molecule has 2 aliphatic heterocycles. The van der Waals surface area contributed by atoms with E-state index in [4.69, 9.17) is 16.3 Å². The lowest BCUT2D eigenvalue weighted by molar-refractivity contribution is -0.121. The van der Waals surface area contributed by atoms with Crippen molar-refractivity contribution in [3.8, 4) is 5.75 Å². The fraction of sp³-hybridized carbons (Fsp3) is 0.409. The average molecular weight is 429 g/mol. The molecule has 0 aliphatic carbocycles. The van der Waals surface area contributed by atoms with Crippen LogP contribution in [0.2, 0.25) is 5.02 Å². The topological polar surface area (TPSA) is 74.8 Å². The number of likely N-dealkylation sites (tertiary alicyclic amines) is 1. The van der Waals surface area contributed by atoms with E-state index in [1.54, 1.807) is 17.2 Å². The van der Waals surface area contributed by atoms with Crippen LogP contribution in [0.15, 0.2) is 36.5 Å². The van der Waals surface area contributed by atoms with Gasteiger partial charge in [-0.05, 0) is 43.9 Å². The van der Waals surface area contributed by atoms with Gasteiger partial charge in [-0.2, -0.15) is 0 Å². The van der Waals surface area contributed by atoms with Crippen molar-refractivity contribution in [3.05, 3.63) is 47.1 Å². The summed E-state index contributed by atoms with van der Waals surface area (Å²) in [7, 11) is 0. The van der Waals surface area contributed by atoms with Crippen molar-refractivity contribution < 1.29 is 14.3 Å². The van der Waals surface area contributed by atoms with Gasteiger partial charge in [0.05, 0.1) is 16.3 Å². The summed E-state index contributed by atoms with van der Waals surface area (Å²) in [6.45, 7) is 2.80. The van der Waals surface area contributed by atoms with Gasteiger partial charge in [0.1, 0.15) is 11.6 Å². The SMILES string of the molecule is O=C(c1cnc(NCCCN2C(=O)COc3ccccc32)c(Cl)c1)N1CCCCC1. The summed E-state index contributed by atoms with van der Waals surface area (Å²) in [6, 6.07) is 9.21. The van der Waals surface area contributed by atoms with Crippen molar-refractivity contribution in [2.45, 2.75) is 25.7 Å². The first-order valence-electron chi connectivity index (χ1n) is 10.3.